The molecular weight excluding hydrogens is 404 g/mol. The Balaban J connectivity index is 1.51. The lowest BCUT2D eigenvalue weighted by molar-refractivity contribution is -0.123. The van der Waals surface area contributed by atoms with E-state index in [0.717, 1.165) is 22.4 Å². The Morgan fingerprint density at radius 2 is 1.53 bits per heavy atom. The van der Waals surface area contributed by atoms with Crippen molar-refractivity contribution >= 4 is 22.7 Å². The molecule has 0 radical (unpaired) electrons. The van der Waals surface area contributed by atoms with Gasteiger partial charge in [-0.15, -0.1) is 0 Å². The fourth-order valence-electron chi connectivity index (χ4n) is 3.54. The van der Waals surface area contributed by atoms with Crippen molar-refractivity contribution in [1.29, 1.82) is 0 Å². The smallest absolute Gasteiger partial charge is 0.273 e. The number of nitrogens with zero attached hydrogens (tertiary/aromatic N) is 1. The van der Waals surface area contributed by atoms with Gasteiger partial charge in [0.05, 0.1) is 18.7 Å². The van der Waals surface area contributed by atoms with Crippen molar-refractivity contribution in [2.75, 3.05) is 7.11 Å². The van der Waals surface area contributed by atoms with Gasteiger partial charge in [0.1, 0.15) is 11.8 Å². The van der Waals surface area contributed by atoms with Crippen LogP contribution in [0.4, 0.5) is 0 Å². The molecule has 0 spiro atoms. The summed E-state index contributed by atoms with van der Waals surface area (Å²) in [5, 5.41) is 13.4. The molecule has 3 aromatic carbocycles. The fourth-order valence-corrected chi connectivity index (χ4v) is 3.54. The van der Waals surface area contributed by atoms with E-state index in [1.54, 1.807) is 14.0 Å². The van der Waals surface area contributed by atoms with Gasteiger partial charge >= 0.3 is 0 Å². The maximum atomic E-state index is 13.0. The molecule has 4 rings (SSSR count). The van der Waals surface area contributed by atoms with Crippen LogP contribution in [0.25, 0.3) is 10.9 Å². The van der Waals surface area contributed by atoms with E-state index >= 15 is 0 Å². The zero-order valence-electron chi connectivity index (χ0n) is 17.8. The van der Waals surface area contributed by atoms with Crippen LogP contribution in [0, 0.1) is 0 Å². The summed E-state index contributed by atoms with van der Waals surface area (Å²) in [5.41, 5.74) is 2.86. The third-order valence-corrected chi connectivity index (χ3v) is 5.29. The highest BCUT2D eigenvalue weighted by Gasteiger charge is 2.23. The molecule has 162 valence electrons. The Bertz CT molecular complexity index is 1220. The van der Waals surface area contributed by atoms with Crippen LogP contribution in [-0.2, 0) is 4.79 Å². The Labute approximate surface area is 185 Å². The molecule has 7 nitrogen and oxygen atoms in total. The second-order valence-electron chi connectivity index (χ2n) is 7.44. The normalized spacial score (nSPS) is 12.7. The lowest BCUT2D eigenvalue weighted by Crippen LogP contribution is -2.46. The van der Waals surface area contributed by atoms with E-state index in [1.807, 2.05) is 78.9 Å². The number of carbonyl (C=O) groups excluding carboxylic acids is 2. The summed E-state index contributed by atoms with van der Waals surface area (Å²) in [6, 6.07) is 23.4. The van der Waals surface area contributed by atoms with Crippen LogP contribution in [0.15, 0.2) is 78.9 Å². The van der Waals surface area contributed by atoms with E-state index in [-0.39, 0.29) is 17.6 Å². The van der Waals surface area contributed by atoms with E-state index in [4.69, 9.17) is 4.74 Å². The number of para-hydroxylation sites is 1. The van der Waals surface area contributed by atoms with E-state index in [2.05, 4.69) is 20.8 Å². The number of aromatic nitrogens is 2. The maximum absolute atomic E-state index is 13.0. The second kappa shape index (κ2) is 9.34. The van der Waals surface area contributed by atoms with Gasteiger partial charge in [-0.05, 0) is 36.2 Å². The third-order valence-electron chi connectivity index (χ3n) is 5.29. The van der Waals surface area contributed by atoms with Gasteiger partial charge in [0.15, 0.2) is 5.69 Å². The average molecular weight is 428 g/mol. The van der Waals surface area contributed by atoms with Gasteiger partial charge in [-0.25, -0.2) is 0 Å². The molecule has 7 heteroatoms. The Morgan fingerprint density at radius 3 is 2.25 bits per heavy atom. The maximum Gasteiger partial charge on any atom is 0.273 e. The first-order valence-electron chi connectivity index (χ1n) is 10.3. The highest BCUT2D eigenvalue weighted by Crippen LogP contribution is 2.24. The van der Waals surface area contributed by atoms with Crippen molar-refractivity contribution in [3.63, 3.8) is 0 Å². The molecule has 1 heterocycles. The molecule has 0 aliphatic rings. The first-order valence-corrected chi connectivity index (χ1v) is 10.3. The van der Waals surface area contributed by atoms with Gasteiger partial charge < -0.3 is 15.4 Å². The minimum absolute atomic E-state index is 0.259. The highest BCUT2D eigenvalue weighted by atomic mass is 16.5. The lowest BCUT2D eigenvalue weighted by Gasteiger charge is -2.22. The minimum atomic E-state index is -0.762. The summed E-state index contributed by atoms with van der Waals surface area (Å²) in [6.07, 6.45) is 0. The number of hydrogen-bond donors (Lipinski definition) is 3. The number of hydrogen-bond acceptors (Lipinski definition) is 4. The molecule has 0 bridgehead atoms. The predicted octanol–water partition coefficient (Wildman–Crippen LogP) is 3.60. The Morgan fingerprint density at radius 1 is 0.875 bits per heavy atom. The molecule has 3 N–H and O–H groups in total. The summed E-state index contributed by atoms with van der Waals surface area (Å²) in [7, 11) is 1.61. The summed E-state index contributed by atoms with van der Waals surface area (Å²) < 4.78 is 5.24. The van der Waals surface area contributed by atoms with E-state index in [9.17, 15) is 9.59 Å². The van der Waals surface area contributed by atoms with Gasteiger partial charge in [0, 0.05) is 5.39 Å². The molecule has 0 aliphatic carbocycles. The highest BCUT2D eigenvalue weighted by molar-refractivity contribution is 6.05. The quantitative estimate of drug-likeness (QED) is 0.419. The minimum Gasteiger partial charge on any atom is -0.497 e. The molecule has 2 amide bonds. The molecule has 32 heavy (non-hydrogen) atoms. The number of H-pyrrole nitrogens is 1. The van der Waals surface area contributed by atoms with Gasteiger partial charge in [0.25, 0.3) is 5.91 Å². The van der Waals surface area contributed by atoms with Crippen LogP contribution in [0.2, 0.25) is 0 Å². The van der Waals surface area contributed by atoms with Crippen molar-refractivity contribution in [3.05, 3.63) is 95.7 Å². The van der Waals surface area contributed by atoms with Crippen molar-refractivity contribution in [2.45, 2.75) is 19.0 Å². The molecule has 4 aromatic rings. The summed E-state index contributed by atoms with van der Waals surface area (Å²) >= 11 is 0. The summed E-state index contributed by atoms with van der Waals surface area (Å²) in [6.45, 7) is 1.65. The van der Waals surface area contributed by atoms with Crippen molar-refractivity contribution in [1.82, 2.24) is 20.8 Å². The number of methoxy groups -OCH3 is 1. The van der Waals surface area contributed by atoms with Crippen LogP contribution in [0.1, 0.15) is 34.6 Å². The Kier molecular flexibility index (Phi) is 6.17. The van der Waals surface area contributed by atoms with E-state index in [0.29, 0.717) is 5.39 Å². The average Bonchev–Trinajstić information content (AvgIpc) is 3.27. The van der Waals surface area contributed by atoms with Crippen LogP contribution >= 0.6 is 0 Å². The number of ether oxygens (including phenoxy) is 1. The molecular formula is C25H24N4O3. The van der Waals surface area contributed by atoms with Gasteiger partial charge in [0.2, 0.25) is 5.91 Å². The zero-order valence-corrected chi connectivity index (χ0v) is 17.8. The fraction of sp³-hybridized carbons (Fsp3) is 0.160. The predicted molar refractivity (Wildman–Crippen MR) is 122 cm³/mol. The molecule has 0 saturated carbocycles. The zero-order chi connectivity index (χ0) is 22.5. The summed E-state index contributed by atoms with van der Waals surface area (Å²) in [4.78, 5) is 25.8. The number of carbonyl (C=O) groups is 2. The SMILES string of the molecule is COc1ccc([C@@H](NC(=O)[C@@H](C)NC(=O)c2n[nH]c3ccccc23)c2ccccc2)cc1. The van der Waals surface area contributed by atoms with Gasteiger partial charge in [-0.2, -0.15) is 5.10 Å². The van der Waals surface area contributed by atoms with Crippen molar-refractivity contribution in [2.24, 2.45) is 0 Å². The topological polar surface area (TPSA) is 96.1 Å². The Hall–Kier alpha value is -4.13. The second-order valence-corrected chi connectivity index (χ2v) is 7.44. The number of nitrogens with one attached hydrogen (secondary N) is 3. The van der Waals surface area contributed by atoms with Gasteiger partial charge in [-0.3, -0.25) is 14.7 Å². The number of benzene rings is 3. The summed E-state index contributed by atoms with van der Waals surface area (Å²) in [5.74, 6) is 0.0208. The lowest BCUT2D eigenvalue weighted by atomic mass is 9.98. The molecule has 0 saturated heterocycles. The number of fused-ring (bicyclic) bond motifs is 1. The van der Waals surface area contributed by atoms with Crippen LogP contribution < -0.4 is 15.4 Å². The molecule has 0 fully saturated rings. The molecule has 0 aliphatic heterocycles. The van der Waals surface area contributed by atoms with Crippen LogP contribution in [0.5, 0.6) is 5.75 Å². The first-order chi connectivity index (χ1) is 15.6. The van der Waals surface area contributed by atoms with E-state index in [1.165, 1.54) is 0 Å². The number of rotatable bonds is 7. The standard InChI is InChI=1S/C25H24N4O3/c1-16(26-25(31)23-20-10-6-7-11-21(20)28-29-23)24(30)27-22(17-8-4-3-5-9-17)18-12-14-19(32-2)15-13-18/h3-16,22H,1-2H3,(H,26,31)(H,27,30)(H,28,29)/t16-,22+/m1/s1. The largest absolute Gasteiger partial charge is 0.497 e. The van der Waals surface area contributed by atoms with E-state index < -0.39 is 11.9 Å². The van der Waals surface area contributed by atoms with Crippen molar-refractivity contribution in [3.8, 4) is 5.75 Å². The first kappa shape index (κ1) is 21.1. The van der Waals surface area contributed by atoms with Gasteiger partial charge in [-0.1, -0.05) is 60.7 Å². The van der Waals surface area contributed by atoms with Crippen LogP contribution in [0.3, 0.4) is 0 Å². The number of aromatic amines is 1. The van der Waals surface area contributed by atoms with Crippen molar-refractivity contribution < 1.29 is 14.3 Å². The monoisotopic (exact) mass is 428 g/mol. The molecule has 1 aromatic heterocycles. The van der Waals surface area contributed by atoms with Crippen LogP contribution in [-0.4, -0.2) is 35.2 Å². The number of amides is 2. The molecule has 2 atom stereocenters. The third kappa shape index (κ3) is 4.46. The molecule has 0 unspecified atom stereocenters.